The summed E-state index contributed by atoms with van der Waals surface area (Å²) in [5.74, 6) is 1.07. The smallest absolute Gasteiger partial charge is 0.227 e. The molecule has 1 saturated heterocycles. The number of aryl methyl sites for hydroxylation is 1. The Kier molecular flexibility index (Phi) is 5.33. The van der Waals surface area contributed by atoms with Gasteiger partial charge in [0.25, 0.3) is 0 Å². The fraction of sp³-hybridized carbons (Fsp3) is 0.261. The van der Waals surface area contributed by atoms with Crippen molar-refractivity contribution in [3.05, 3.63) is 72.6 Å². The highest BCUT2D eigenvalue weighted by Gasteiger charge is 2.26. The van der Waals surface area contributed by atoms with Crippen molar-refractivity contribution in [2.45, 2.75) is 19.8 Å². The SMILES string of the molecule is Cc1cccc(NC(=O)C2CCN(c3cc(-c4ccccc4)ncn3)CC2)c1. The lowest BCUT2D eigenvalue weighted by atomic mass is 9.95. The minimum atomic E-state index is 0.0344. The number of rotatable bonds is 4. The van der Waals surface area contributed by atoms with Crippen LogP contribution in [0.5, 0.6) is 0 Å². The summed E-state index contributed by atoms with van der Waals surface area (Å²) in [4.78, 5) is 23.7. The summed E-state index contributed by atoms with van der Waals surface area (Å²) in [5, 5.41) is 3.05. The predicted molar refractivity (Wildman–Crippen MR) is 112 cm³/mol. The van der Waals surface area contributed by atoms with Crippen molar-refractivity contribution in [2.24, 2.45) is 5.92 Å². The number of aromatic nitrogens is 2. The lowest BCUT2D eigenvalue weighted by Gasteiger charge is -2.32. The van der Waals surface area contributed by atoms with E-state index in [2.05, 4.69) is 20.2 Å². The average Bonchev–Trinajstić information content (AvgIpc) is 2.75. The largest absolute Gasteiger partial charge is 0.356 e. The molecular formula is C23H24N4O. The summed E-state index contributed by atoms with van der Waals surface area (Å²) < 4.78 is 0. The van der Waals surface area contributed by atoms with Gasteiger partial charge in [-0.2, -0.15) is 0 Å². The van der Waals surface area contributed by atoms with Gasteiger partial charge >= 0.3 is 0 Å². The third-order valence-electron chi connectivity index (χ3n) is 5.20. The number of hydrogen-bond donors (Lipinski definition) is 1. The topological polar surface area (TPSA) is 58.1 Å². The van der Waals surface area contributed by atoms with Crippen molar-refractivity contribution in [1.29, 1.82) is 0 Å². The molecule has 1 amide bonds. The molecule has 1 fully saturated rings. The zero-order valence-electron chi connectivity index (χ0n) is 16.0. The molecule has 0 saturated carbocycles. The Morgan fingerprint density at radius 2 is 1.79 bits per heavy atom. The zero-order valence-corrected chi connectivity index (χ0v) is 16.0. The minimum absolute atomic E-state index is 0.0344. The first kappa shape index (κ1) is 18.2. The lowest BCUT2D eigenvalue weighted by Crippen LogP contribution is -2.38. The average molecular weight is 372 g/mol. The van der Waals surface area contributed by atoms with Crippen LogP contribution in [0.2, 0.25) is 0 Å². The molecule has 1 aliphatic heterocycles. The standard InChI is InChI=1S/C23H24N4O/c1-17-6-5-9-20(14-17)26-23(28)19-10-12-27(13-11-19)22-15-21(24-16-25-22)18-7-3-2-4-8-18/h2-9,14-16,19H,10-13H2,1H3,(H,26,28). The van der Waals surface area contributed by atoms with Gasteiger partial charge in [-0.15, -0.1) is 0 Å². The van der Waals surface area contributed by atoms with Gasteiger partial charge < -0.3 is 10.2 Å². The van der Waals surface area contributed by atoms with E-state index in [1.165, 1.54) is 0 Å². The van der Waals surface area contributed by atoms with Gasteiger partial charge in [0.15, 0.2) is 0 Å². The van der Waals surface area contributed by atoms with E-state index < -0.39 is 0 Å². The van der Waals surface area contributed by atoms with E-state index in [4.69, 9.17) is 0 Å². The van der Waals surface area contributed by atoms with Gasteiger partial charge in [-0.25, -0.2) is 9.97 Å². The molecule has 5 nitrogen and oxygen atoms in total. The molecule has 4 rings (SSSR count). The van der Waals surface area contributed by atoms with E-state index in [1.807, 2.05) is 67.6 Å². The van der Waals surface area contributed by atoms with Crippen LogP contribution in [0.4, 0.5) is 11.5 Å². The molecule has 3 aromatic rings. The van der Waals surface area contributed by atoms with E-state index >= 15 is 0 Å². The Labute approximate surface area is 165 Å². The van der Waals surface area contributed by atoms with Crippen LogP contribution in [-0.4, -0.2) is 29.0 Å². The summed E-state index contributed by atoms with van der Waals surface area (Å²) in [7, 11) is 0. The van der Waals surface area contributed by atoms with Crippen molar-refractivity contribution in [3.63, 3.8) is 0 Å². The second-order valence-electron chi connectivity index (χ2n) is 7.25. The van der Waals surface area contributed by atoms with Crippen molar-refractivity contribution < 1.29 is 4.79 Å². The Balaban J connectivity index is 1.38. The van der Waals surface area contributed by atoms with Crippen molar-refractivity contribution in [2.75, 3.05) is 23.3 Å². The van der Waals surface area contributed by atoms with Crippen LogP contribution in [0.25, 0.3) is 11.3 Å². The Bertz CT molecular complexity index is 950. The van der Waals surface area contributed by atoms with Crippen molar-refractivity contribution in [1.82, 2.24) is 9.97 Å². The molecule has 0 spiro atoms. The Morgan fingerprint density at radius 1 is 1.00 bits per heavy atom. The molecule has 28 heavy (non-hydrogen) atoms. The summed E-state index contributed by atoms with van der Waals surface area (Å²) >= 11 is 0. The summed E-state index contributed by atoms with van der Waals surface area (Å²) in [6.07, 6.45) is 3.26. The monoisotopic (exact) mass is 372 g/mol. The molecule has 0 atom stereocenters. The molecule has 5 heteroatoms. The number of benzene rings is 2. The summed E-state index contributed by atoms with van der Waals surface area (Å²) in [6.45, 7) is 3.66. The number of carbonyl (C=O) groups excluding carboxylic acids is 1. The Morgan fingerprint density at radius 3 is 2.54 bits per heavy atom. The van der Waals surface area contributed by atoms with Crippen LogP contribution in [0, 0.1) is 12.8 Å². The number of amides is 1. The molecule has 1 N–H and O–H groups in total. The quantitative estimate of drug-likeness (QED) is 0.741. The highest BCUT2D eigenvalue weighted by molar-refractivity contribution is 5.92. The van der Waals surface area contributed by atoms with Crippen LogP contribution in [-0.2, 0) is 4.79 Å². The second-order valence-corrected chi connectivity index (χ2v) is 7.25. The third kappa shape index (κ3) is 4.19. The molecule has 2 aromatic carbocycles. The summed E-state index contributed by atoms with van der Waals surface area (Å²) in [5.41, 5.74) is 4.02. The molecule has 142 valence electrons. The van der Waals surface area contributed by atoms with E-state index in [9.17, 15) is 4.79 Å². The maximum absolute atomic E-state index is 12.6. The number of nitrogens with one attached hydrogen (secondary N) is 1. The van der Waals surface area contributed by atoms with Crippen LogP contribution < -0.4 is 10.2 Å². The van der Waals surface area contributed by atoms with Crippen LogP contribution in [0.1, 0.15) is 18.4 Å². The molecule has 0 unspecified atom stereocenters. The number of nitrogens with zero attached hydrogens (tertiary/aromatic N) is 3. The van der Waals surface area contributed by atoms with Crippen LogP contribution >= 0.6 is 0 Å². The minimum Gasteiger partial charge on any atom is -0.356 e. The van der Waals surface area contributed by atoms with Gasteiger partial charge in [0.1, 0.15) is 12.1 Å². The van der Waals surface area contributed by atoms with E-state index in [1.54, 1.807) is 6.33 Å². The van der Waals surface area contributed by atoms with Gasteiger partial charge in [0, 0.05) is 36.3 Å². The van der Waals surface area contributed by atoms with Crippen molar-refractivity contribution in [3.8, 4) is 11.3 Å². The molecule has 0 radical (unpaired) electrons. The number of anilines is 2. The summed E-state index contributed by atoms with van der Waals surface area (Å²) in [6, 6.07) is 20.1. The van der Waals surface area contributed by atoms with Gasteiger partial charge in [0.05, 0.1) is 5.69 Å². The molecule has 0 aliphatic carbocycles. The van der Waals surface area contributed by atoms with Gasteiger partial charge in [-0.3, -0.25) is 4.79 Å². The first-order chi connectivity index (χ1) is 13.7. The van der Waals surface area contributed by atoms with E-state index in [0.29, 0.717) is 0 Å². The van der Waals surface area contributed by atoms with Gasteiger partial charge in [-0.1, -0.05) is 42.5 Å². The fourth-order valence-corrected chi connectivity index (χ4v) is 3.62. The second kappa shape index (κ2) is 8.21. The molecule has 1 aromatic heterocycles. The first-order valence-electron chi connectivity index (χ1n) is 9.69. The maximum atomic E-state index is 12.6. The molecule has 0 bridgehead atoms. The maximum Gasteiger partial charge on any atom is 0.227 e. The van der Waals surface area contributed by atoms with Crippen molar-refractivity contribution >= 4 is 17.4 Å². The normalized spacial score (nSPS) is 14.7. The van der Waals surface area contributed by atoms with Gasteiger partial charge in [0.2, 0.25) is 5.91 Å². The lowest BCUT2D eigenvalue weighted by molar-refractivity contribution is -0.120. The third-order valence-corrected chi connectivity index (χ3v) is 5.20. The highest BCUT2D eigenvalue weighted by Crippen LogP contribution is 2.25. The molecule has 2 heterocycles. The molecular weight excluding hydrogens is 348 g/mol. The van der Waals surface area contributed by atoms with E-state index in [-0.39, 0.29) is 11.8 Å². The fourth-order valence-electron chi connectivity index (χ4n) is 3.62. The van der Waals surface area contributed by atoms with E-state index in [0.717, 1.165) is 54.3 Å². The van der Waals surface area contributed by atoms with Crippen LogP contribution in [0.3, 0.4) is 0 Å². The predicted octanol–water partition coefficient (Wildman–Crippen LogP) is 4.31. The number of hydrogen-bond acceptors (Lipinski definition) is 4. The Hall–Kier alpha value is -3.21. The number of carbonyl (C=O) groups is 1. The number of piperidine rings is 1. The zero-order chi connectivity index (χ0) is 19.3. The van der Waals surface area contributed by atoms with Gasteiger partial charge in [-0.05, 0) is 37.5 Å². The highest BCUT2D eigenvalue weighted by atomic mass is 16.1. The first-order valence-corrected chi connectivity index (χ1v) is 9.69. The van der Waals surface area contributed by atoms with Crippen LogP contribution in [0.15, 0.2) is 67.0 Å². The molecule has 1 aliphatic rings.